The zero-order valence-electron chi connectivity index (χ0n) is 12.6. The molecule has 2 N–H and O–H groups in total. The Morgan fingerprint density at radius 2 is 1.91 bits per heavy atom. The van der Waals surface area contributed by atoms with E-state index in [9.17, 15) is 13.6 Å². The van der Waals surface area contributed by atoms with Crippen molar-refractivity contribution in [3.63, 3.8) is 0 Å². The number of ether oxygens (including phenoxy) is 1. The number of likely N-dealkylation sites (tertiary alicyclic amines) is 1. The summed E-state index contributed by atoms with van der Waals surface area (Å²) in [5, 5.41) is 0. The van der Waals surface area contributed by atoms with Crippen LogP contribution in [0.15, 0.2) is 18.2 Å². The van der Waals surface area contributed by atoms with Crippen LogP contribution in [-0.4, -0.2) is 43.2 Å². The van der Waals surface area contributed by atoms with Gasteiger partial charge in [-0.15, -0.1) is 0 Å². The molecule has 1 aliphatic rings. The van der Waals surface area contributed by atoms with Crippen LogP contribution in [0.4, 0.5) is 8.78 Å². The zero-order valence-corrected chi connectivity index (χ0v) is 12.6. The molecular weight excluding hydrogens is 290 g/mol. The number of nitrogens with two attached hydrogens (primary N) is 1. The molecule has 0 unspecified atom stereocenters. The van der Waals surface area contributed by atoms with E-state index in [0.717, 1.165) is 19.3 Å². The number of hydrogen-bond acceptors (Lipinski definition) is 3. The molecule has 1 heterocycles. The molecule has 0 bridgehead atoms. The average molecular weight is 312 g/mol. The first-order valence-corrected chi connectivity index (χ1v) is 7.64. The first-order chi connectivity index (χ1) is 10.6. The molecule has 0 radical (unpaired) electrons. The first-order valence-electron chi connectivity index (χ1n) is 7.64. The van der Waals surface area contributed by atoms with E-state index in [0.29, 0.717) is 26.2 Å². The number of benzene rings is 1. The molecule has 1 saturated heterocycles. The van der Waals surface area contributed by atoms with Crippen LogP contribution in [0.5, 0.6) is 0 Å². The van der Waals surface area contributed by atoms with E-state index in [1.165, 1.54) is 18.2 Å². The number of carbonyl (C=O) groups is 1. The van der Waals surface area contributed by atoms with E-state index < -0.39 is 11.6 Å². The average Bonchev–Trinajstić information content (AvgIpc) is 2.52. The number of halogens is 2. The summed E-state index contributed by atoms with van der Waals surface area (Å²) in [5.41, 5.74) is 5.25. The van der Waals surface area contributed by atoms with Gasteiger partial charge < -0.3 is 15.4 Å². The lowest BCUT2D eigenvalue weighted by Crippen LogP contribution is -2.41. The van der Waals surface area contributed by atoms with Crippen molar-refractivity contribution >= 4 is 5.91 Å². The molecule has 2 rings (SSSR count). The predicted molar refractivity (Wildman–Crippen MR) is 79.3 cm³/mol. The molecule has 0 spiro atoms. The van der Waals surface area contributed by atoms with Gasteiger partial charge in [0.05, 0.1) is 12.5 Å². The summed E-state index contributed by atoms with van der Waals surface area (Å²) in [6.07, 6.45) is 2.22. The summed E-state index contributed by atoms with van der Waals surface area (Å²) in [5.74, 6) is -1.59. The van der Waals surface area contributed by atoms with Crippen LogP contribution in [0.25, 0.3) is 0 Å². The van der Waals surface area contributed by atoms with Crippen LogP contribution in [0.3, 0.4) is 0 Å². The van der Waals surface area contributed by atoms with Crippen molar-refractivity contribution in [3.8, 4) is 0 Å². The van der Waals surface area contributed by atoms with Crippen molar-refractivity contribution in [2.75, 3.05) is 26.2 Å². The van der Waals surface area contributed by atoms with E-state index >= 15 is 0 Å². The number of amides is 1. The summed E-state index contributed by atoms with van der Waals surface area (Å²) >= 11 is 0. The van der Waals surface area contributed by atoms with E-state index in [2.05, 4.69) is 0 Å². The Hall–Kier alpha value is -1.53. The summed E-state index contributed by atoms with van der Waals surface area (Å²) in [6.45, 7) is 2.35. The maximum Gasteiger partial charge on any atom is 0.227 e. The highest BCUT2D eigenvalue weighted by Gasteiger charge is 2.24. The van der Waals surface area contributed by atoms with Gasteiger partial charge in [-0.1, -0.05) is 6.07 Å². The van der Waals surface area contributed by atoms with E-state index in [1.54, 1.807) is 4.90 Å². The Morgan fingerprint density at radius 1 is 1.27 bits per heavy atom. The lowest BCUT2D eigenvalue weighted by atomic mass is 10.1. The third kappa shape index (κ3) is 4.48. The van der Waals surface area contributed by atoms with Gasteiger partial charge in [0.15, 0.2) is 0 Å². The summed E-state index contributed by atoms with van der Waals surface area (Å²) in [4.78, 5) is 13.8. The van der Waals surface area contributed by atoms with Crippen molar-refractivity contribution in [1.29, 1.82) is 0 Å². The molecule has 1 fully saturated rings. The fourth-order valence-corrected chi connectivity index (χ4v) is 2.57. The largest absolute Gasteiger partial charge is 0.378 e. The molecule has 0 aromatic heterocycles. The number of piperidine rings is 1. The van der Waals surface area contributed by atoms with Crippen molar-refractivity contribution in [2.45, 2.75) is 31.8 Å². The number of hydrogen-bond donors (Lipinski definition) is 1. The highest BCUT2D eigenvalue weighted by atomic mass is 19.1. The Kier molecular flexibility index (Phi) is 6.27. The van der Waals surface area contributed by atoms with E-state index in [4.69, 9.17) is 10.5 Å². The molecule has 6 heteroatoms. The highest BCUT2D eigenvalue weighted by Crippen LogP contribution is 2.18. The van der Waals surface area contributed by atoms with E-state index in [-0.39, 0.29) is 24.0 Å². The van der Waals surface area contributed by atoms with Crippen molar-refractivity contribution in [2.24, 2.45) is 5.73 Å². The smallest absolute Gasteiger partial charge is 0.227 e. The molecule has 0 atom stereocenters. The van der Waals surface area contributed by atoms with Gasteiger partial charge in [-0.25, -0.2) is 8.78 Å². The number of nitrogens with zero attached hydrogens (tertiary/aromatic N) is 1. The van der Waals surface area contributed by atoms with Crippen LogP contribution in [0.2, 0.25) is 0 Å². The molecule has 0 saturated carbocycles. The Balaban J connectivity index is 1.82. The monoisotopic (exact) mass is 312 g/mol. The zero-order chi connectivity index (χ0) is 15.9. The topological polar surface area (TPSA) is 55.6 Å². The second-order valence-electron chi connectivity index (χ2n) is 5.47. The first kappa shape index (κ1) is 16.8. The minimum absolute atomic E-state index is 0.140. The maximum atomic E-state index is 13.6. The van der Waals surface area contributed by atoms with Crippen LogP contribution < -0.4 is 5.73 Å². The molecule has 1 aliphatic heterocycles. The standard InChI is InChI=1S/C16H22F2N2O2/c17-14-3-1-4-15(18)13(14)11-16(21)20-8-5-12(6-9-20)22-10-2-7-19/h1,3-4,12H,2,5-11,19H2. The van der Waals surface area contributed by atoms with Crippen molar-refractivity contribution in [3.05, 3.63) is 35.4 Å². The van der Waals surface area contributed by atoms with Gasteiger partial charge in [0.1, 0.15) is 11.6 Å². The van der Waals surface area contributed by atoms with Crippen LogP contribution >= 0.6 is 0 Å². The normalized spacial score (nSPS) is 16.0. The number of rotatable bonds is 6. The quantitative estimate of drug-likeness (QED) is 0.816. The van der Waals surface area contributed by atoms with Crippen LogP contribution in [0.1, 0.15) is 24.8 Å². The Morgan fingerprint density at radius 3 is 2.50 bits per heavy atom. The highest BCUT2D eigenvalue weighted by molar-refractivity contribution is 5.79. The second-order valence-corrected chi connectivity index (χ2v) is 5.47. The van der Waals surface area contributed by atoms with Crippen molar-refractivity contribution < 1.29 is 18.3 Å². The Labute approximate surface area is 129 Å². The third-order valence-electron chi connectivity index (χ3n) is 3.89. The Bertz CT molecular complexity index is 483. The lowest BCUT2D eigenvalue weighted by Gasteiger charge is -2.32. The molecule has 122 valence electrons. The summed E-state index contributed by atoms with van der Waals surface area (Å²) in [6, 6.07) is 3.63. The van der Waals surface area contributed by atoms with Gasteiger partial charge in [-0.2, -0.15) is 0 Å². The summed E-state index contributed by atoms with van der Waals surface area (Å²) in [7, 11) is 0. The SMILES string of the molecule is NCCCOC1CCN(C(=O)Cc2c(F)cccc2F)CC1. The van der Waals surface area contributed by atoms with Gasteiger partial charge in [0, 0.05) is 25.3 Å². The van der Waals surface area contributed by atoms with Gasteiger partial charge in [-0.3, -0.25) is 4.79 Å². The molecule has 4 nitrogen and oxygen atoms in total. The van der Waals surface area contributed by atoms with Gasteiger partial charge in [0.25, 0.3) is 0 Å². The van der Waals surface area contributed by atoms with Gasteiger partial charge in [-0.05, 0) is 37.9 Å². The molecule has 1 aromatic rings. The predicted octanol–water partition coefficient (Wildman–Crippen LogP) is 1.86. The van der Waals surface area contributed by atoms with Crippen molar-refractivity contribution in [1.82, 2.24) is 4.90 Å². The number of carbonyl (C=O) groups excluding carboxylic acids is 1. The van der Waals surface area contributed by atoms with E-state index in [1.807, 2.05) is 0 Å². The van der Waals surface area contributed by atoms with Crippen LogP contribution in [-0.2, 0) is 16.0 Å². The molecular formula is C16H22F2N2O2. The third-order valence-corrected chi connectivity index (χ3v) is 3.89. The van der Waals surface area contributed by atoms with Gasteiger partial charge in [0.2, 0.25) is 5.91 Å². The lowest BCUT2D eigenvalue weighted by molar-refractivity contribution is -0.133. The minimum atomic E-state index is -0.673. The second kappa shape index (κ2) is 8.19. The minimum Gasteiger partial charge on any atom is -0.378 e. The van der Waals surface area contributed by atoms with Crippen LogP contribution in [0, 0.1) is 11.6 Å². The van der Waals surface area contributed by atoms with Gasteiger partial charge >= 0.3 is 0 Å². The fraction of sp³-hybridized carbons (Fsp3) is 0.562. The maximum absolute atomic E-state index is 13.6. The molecule has 22 heavy (non-hydrogen) atoms. The molecule has 0 aliphatic carbocycles. The fourth-order valence-electron chi connectivity index (χ4n) is 2.57. The molecule has 1 amide bonds. The molecule has 1 aromatic carbocycles. The summed E-state index contributed by atoms with van der Waals surface area (Å²) < 4.78 is 32.8.